The molecule has 0 amide bonds. The summed E-state index contributed by atoms with van der Waals surface area (Å²) in [5.74, 6) is 5.28. The molecule has 1 aromatic carbocycles. The van der Waals surface area contributed by atoms with Crippen LogP contribution in [0.15, 0.2) is 24.4 Å². The first-order valence-corrected chi connectivity index (χ1v) is 6.32. The first-order chi connectivity index (χ1) is 9.11. The van der Waals surface area contributed by atoms with Gasteiger partial charge >= 0.3 is 5.69 Å². The molecular formula is C11H13N5O2S. The molecule has 0 spiro atoms. The van der Waals surface area contributed by atoms with E-state index in [0.717, 1.165) is 9.88 Å². The molecule has 2 rings (SSSR count). The second-order valence-electron chi connectivity index (χ2n) is 3.80. The summed E-state index contributed by atoms with van der Waals surface area (Å²) in [6.45, 7) is 2.40. The van der Waals surface area contributed by atoms with Gasteiger partial charge in [0.05, 0.1) is 16.5 Å². The number of aromatic nitrogens is 1. The molecule has 0 aliphatic heterocycles. The van der Waals surface area contributed by atoms with E-state index in [9.17, 15) is 10.1 Å². The van der Waals surface area contributed by atoms with Gasteiger partial charge in [-0.25, -0.2) is 4.98 Å². The van der Waals surface area contributed by atoms with Crippen molar-refractivity contribution < 1.29 is 4.92 Å². The molecule has 19 heavy (non-hydrogen) atoms. The molecule has 4 N–H and O–H groups in total. The average Bonchev–Trinajstić information content (AvgIpc) is 2.81. The van der Waals surface area contributed by atoms with Gasteiger partial charge in [-0.1, -0.05) is 6.07 Å². The highest BCUT2D eigenvalue weighted by molar-refractivity contribution is 7.11. The Morgan fingerprint density at radius 2 is 2.21 bits per heavy atom. The number of nitrogen functional groups attached to an aromatic ring is 1. The molecule has 0 fully saturated rings. The molecule has 7 nitrogen and oxygen atoms in total. The van der Waals surface area contributed by atoms with E-state index in [4.69, 9.17) is 5.84 Å². The van der Waals surface area contributed by atoms with Crippen LogP contribution in [0, 0.1) is 17.0 Å². The normalized spacial score (nSPS) is 10.2. The fourth-order valence-electron chi connectivity index (χ4n) is 1.67. The van der Waals surface area contributed by atoms with E-state index >= 15 is 0 Å². The molecule has 0 saturated carbocycles. The maximum atomic E-state index is 11.1. The van der Waals surface area contributed by atoms with Crippen LogP contribution in [0.4, 0.5) is 17.1 Å². The fraction of sp³-hybridized carbons (Fsp3) is 0.182. The Balaban J connectivity index is 2.22. The van der Waals surface area contributed by atoms with Gasteiger partial charge in [-0.3, -0.25) is 16.0 Å². The molecule has 2 aromatic rings. The number of nitro groups is 1. The van der Waals surface area contributed by atoms with Crippen molar-refractivity contribution in [2.45, 2.75) is 13.5 Å². The Morgan fingerprint density at radius 1 is 1.47 bits per heavy atom. The van der Waals surface area contributed by atoms with Crippen LogP contribution in [0.3, 0.4) is 0 Å². The topological polar surface area (TPSA) is 106 Å². The molecule has 0 atom stereocenters. The molecule has 0 saturated heterocycles. The third-order valence-corrected chi connectivity index (χ3v) is 3.41. The summed E-state index contributed by atoms with van der Waals surface area (Å²) in [5, 5.41) is 15.1. The number of benzene rings is 1. The zero-order valence-corrected chi connectivity index (χ0v) is 11.0. The molecule has 0 aliphatic rings. The quantitative estimate of drug-likeness (QED) is 0.440. The predicted octanol–water partition coefficient (Wildman–Crippen LogP) is 2.26. The molecule has 0 unspecified atom stereocenters. The first-order valence-electron chi connectivity index (χ1n) is 5.51. The van der Waals surface area contributed by atoms with Gasteiger partial charge in [-0.05, 0) is 19.1 Å². The van der Waals surface area contributed by atoms with Crippen LogP contribution in [0.5, 0.6) is 0 Å². The number of thiazole rings is 1. The van der Waals surface area contributed by atoms with E-state index in [0.29, 0.717) is 12.2 Å². The molecule has 1 heterocycles. The molecule has 8 heteroatoms. The van der Waals surface area contributed by atoms with Gasteiger partial charge in [0, 0.05) is 11.1 Å². The van der Waals surface area contributed by atoms with Crippen molar-refractivity contribution in [1.29, 1.82) is 0 Å². The molecule has 0 bridgehead atoms. The standard InChI is InChI=1S/C11H13N5O2S/c1-7-13-5-8(19-7)6-14-9-3-2-4-10(15-12)11(9)16(17)18/h2-5,14-15H,6,12H2,1H3. The maximum Gasteiger partial charge on any atom is 0.316 e. The van der Waals surface area contributed by atoms with E-state index < -0.39 is 4.92 Å². The van der Waals surface area contributed by atoms with E-state index in [1.807, 2.05) is 6.92 Å². The minimum Gasteiger partial charge on any atom is -0.374 e. The number of para-hydroxylation sites is 1. The monoisotopic (exact) mass is 279 g/mol. The van der Waals surface area contributed by atoms with Crippen molar-refractivity contribution in [2.75, 3.05) is 10.7 Å². The van der Waals surface area contributed by atoms with Crippen molar-refractivity contribution >= 4 is 28.4 Å². The largest absolute Gasteiger partial charge is 0.374 e. The summed E-state index contributed by atoms with van der Waals surface area (Å²) in [6, 6.07) is 4.90. The highest BCUT2D eigenvalue weighted by Gasteiger charge is 2.18. The number of rotatable bonds is 5. The molecular weight excluding hydrogens is 266 g/mol. The van der Waals surface area contributed by atoms with Gasteiger partial charge in [0.2, 0.25) is 0 Å². The Hall–Kier alpha value is -2.19. The van der Waals surface area contributed by atoms with Crippen molar-refractivity contribution in [3.63, 3.8) is 0 Å². The number of hydrogen-bond acceptors (Lipinski definition) is 7. The van der Waals surface area contributed by atoms with Gasteiger partial charge in [-0.2, -0.15) is 0 Å². The Labute approximate surface area is 113 Å². The summed E-state index contributed by atoms with van der Waals surface area (Å²) in [5.41, 5.74) is 2.96. The van der Waals surface area contributed by atoms with Crippen molar-refractivity contribution in [3.05, 3.63) is 44.4 Å². The zero-order valence-electron chi connectivity index (χ0n) is 10.2. The number of aryl methyl sites for hydroxylation is 1. The van der Waals surface area contributed by atoms with Gasteiger partial charge in [0.25, 0.3) is 0 Å². The lowest BCUT2D eigenvalue weighted by atomic mass is 10.2. The number of nitrogens with zero attached hydrogens (tertiary/aromatic N) is 2. The number of nitro benzene ring substituents is 1. The summed E-state index contributed by atoms with van der Waals surface area (Å²) >= 11 is 1.55. The molecule has 1 aromatic heterocycles. The van der Waals surface area contributed by atoms with Crippen LogP contribution in [0.2, 0.25) is 0 Å². The van der Waals surface area contributed by atoms with Gasteiger partial charge < -0.3 is 10.7 Å². The lowest BCUT2D eigenvalue weighted by Gasteiger charge is -2.08. The van der Waals surface area contributed by atoms with Crippen LogP contribution in [-0.2, 0) is 6.54 Å². The zero-order chi connectivity index (χ0) is 13.8. The summed E-state index contributed by atoms with van der Waals surface area (Å²) in [7, 11) is 0. The number of nitrogens with one attached hydrogen (secondary N) is 2. The van der Waals surface area contributed by atoms with Crippen LogP contribution in [0.1, 0.15) is 9.88 Å². The minimum absolute atomic E-state index is 0.0637. The lowest BCUT2D eigenvalue weighted by Crippen LogP contribution is -2.10. The van der Waals surface area contributed by atoms with Gasteiger partial charge in [0.15, 0.2) is 0 Å². The van der Waals surface area contributed by atoms with Gasteiger partial charge in [-0.15, -0.1) is 11.3 Å². The summed E-state index contributed by atoms with van der Waals surface area (Å²) in [4.78, 5) is 15.8. The lowest BCUT2D eigenvalue weighted by molar-refractivity contribution is -0.383. The van der Waals surface area contributed by atoms with Crippen LogP contribution < -0.4 is 16.6 Å². The summed E-state index contributed by atoms with van der Waals surface area (Å²) in [6.07, 6.45) is 1.75. The molecule has 100 valence electrons. The third-order valence-electron chi connectivity index (χ3n) is 2.50. The average molecular weight is 279 g/mol. The first kappa shape index (κ1) is 13.2. The Bertz CT molecular complexity index is 599. The number of hydrazine groups is 1. The third kappa shape index (κ3) is 2.98. The van der Waals surface area contributed by atoms with E-state index in [-0.39, 0.29) is 11.4 Å². The predicted molar refractivity (Wildman–Crippen MR) is 75.1 cm³/mol. The highest BCUT2D eigenvalue weighted by Crippen LogP contribution is 2.32. The Kier molecular flexibility index (Phi) is 3.93. The number of nitrogens with two attached hydrogens (primary N) is 1. The second kappa shape index (κ2) is 5.63. The maximum absolute atomic E-state index is 11.1. The van der Waals surface area contributed by atoms with Crippen LogP contribution >= 0.6 is 11.3 Å². The smallest absolute Gasteiger partial charge is 0.316 e. The van der Waals surface area contributed by atoms with E-state index in [1.165, 1.54) is 0 Å². The van der Waals surface area contributed by atoms with Crippen LogP contribution in [-0.4, -0.2) is 9.91 Å². The number of anilines is 2. The summed E-state index contributed by atoms with van der Waals surface area (Å²) < 4.78 is 0. The SMILES string of the molecule is Cc1ncc(CNc2cccc(NN)c2[N+](=O)[O-])s1. The van der Waals surface area contributed by atoms with E-state index in [1.54, 1.807) is 35.7 Å². The fourth-order valence-corrected chi connectivity index (χ4v) is 2.40. The molecule has 0 aliphatic carbocycles. The number of hydrogen-bond donors (Lipinski definition) is 3. The highest BCUT2D eigenvalue weighted by atomic mass is 32.1. The Morgan fingerprint density at radius 3 is 2.79 bits per heavy atom. The molecule has 0 radical (unpaired) electrons. The van der Waals surface area contributed by atoms with Gasteiger partial charge in [0.1, 0.15) is 11.4 Å². The minimum atomic E-state index is -0.463. The van der Waals surface area contributed by atoms with E-state index in [2.05, 4.69) is 15.7 Å². The van der Waals surface area contributed by atoms with Crippen molar-refractivity contribution in [2.24, 2.45) is 5.84 Å². The second-order valence-corrected chi connectivity index (χ2v) is 5.12. The van der Waals surface area contributed by atoms with Crippen molar-refractivity contribution in [1.82, 2.24) is 4.98 Å². The van der Waals surface area contributed by atoms with Crippen molar-refractivity contribution in [3.8, 4) is 0 Å². The van der Waals surface area contributed by atoms with Crippen LogP contribution in [0.25, 0.3) is 0 Å².